The molecule has 0 aliphatic rings. The molecule has 0 aromatic heterocycles. The summed E-state index contributed by atoms with van der Waals surface area (Å²) in [6.07, 6.45) is -0.876. The van der Waals surface area contributed by atoms with Gasteiger partial charge in [0, 0.05) is 6.54 Å². The molecule has 4 nitrogen and oxygen atoms in total. The van der Waals surface area contributed by atoms with E-state index in [1.165, 1.54) is 6.07 Å². The Morgan fingerprint density at radius 2 is 2.13 bits per heavy atom. The minimum atomic E-state index is -0.876. The minimum Gasteiger partial charge on any atom is -0.491 e. The number of nitrogens with one attached hydrogen (secondary N) is 1. The molecule has 1 atom stereocenters. The molecule has 2 aromatic carbocycles. The number of carbonyl (C=O) groups is 1. The van der Waals surface area contributed by atoms with Gasteiger partial charge in [-0.05, 0) is 42.8 Å². The number of hydrogen-bond acceptors (Lipinski definition) is 3. The molecular weight excluding hydrogens is 321 g/mol. The van der Waals surface area contributed by atoms with E-state index >= 15 is 0 Å². The molecule has 0 aliphatic heterocycles. The van der Waals surface area contributed by atoms with E-state index in [9.17, 15) is 14.3 Å². The number of carbonyl (C=O) groups excluding carboxylic acids is 1. The van der Waals surface area contributed by atoms with Crippen LogP contribution in [0.4, 0.5) is 4.39 Å². The summed E-state index contributed by atoms with van der Waals surface area (Å²) in [5, 5.41) is 12.4. The maximum absolute atomic E-state index is 12.9. The first-order valence-corrected chi connectivity index (χ1v) is 7.44. The summed E-state index contributed by atoms with van der Waals surface area (Å²) in [6, 6.07) is 10.9. The highest BCUT2D eigenvalue weighted by atomic mass is 35.5. The Labute approximate surface area is 138 Å². The zero-order valence-corrected chi connectivity index (χ0v) is 13.3. The molecule has 6 heteroatoms. The van der Waals surface area contributed by atoms with E-state index < -0.39 is 17.8 Å². The van der Waals surface area contributed by atoms with E-state index in [0.29, 0.717) is 5.75 Å². The summed E-state index contributed by atoms with van der Waals surface area (Å²) >= 11 is 5.81. The van der Waals surface area contributed by atoms with E-state index in [2.05, 4.69) is 5.32 Å². The fourth-order valence-electron chi connectivity index (χ4n) is 1.94. The standard InChI is InChI=1S/C17H17ClFNO3/c1-11-3-2-4-14(7-11)23-10-13(21)9-20-17(22)15-6-5-12(19)8-16(15)18/h2-8,13,21H,9-10H2,1H3,(H,20,22). The lowest BCUT2D eigenvalue weighted by Gasteiger charge is -2.14. The maximum Gasteiger partial charge on any atom is 0.252 e. The Bertz CT molecular complexity index is 693. The lowest BCUT2D eigenvalue weighted by atomic mass is 10.2. The molecule has 0 bridgehead atoms. The molecule has 2 N–H and O–H groups in total. The summed E-state index contributed by atoms with van der Waals surface area (Å²) in [7, 11) is 0. The van der Waals surface area contributed by atoms with Crippen LogP contribution in [0.1, 0.15) is 15.9 Å². The van der Waals surface area contributed by atoms with Gasteiger partial charge in [0.25, 0.3) is 5.91 Å². The van der Waals surface area contributed by atoms with Gasteiger partial charge in [0.2, 0.25) is 0 Å². The highest BCUT2D eigenvalue weighted by molar-refractivity contribution is 6.33. The maximum atomic E-state index is 12.9. The van der Waals surface area contributed by atoms with E-state index in [-0.39, 0.29) is 23.7 Å². The number of aliphatic hydroxyl groups is 1. The van der Waals surface area contributed by atoms with Gasteiger partial charge in [0.1, 0.15) is 24.3 Å². The fourth-order valence-corrected chi connectivity index (χ4v) is 2.19. The van der Waals surface area contributed by atoms with Crippen molar-refractivity contribution in [3.05, 3.63) is 64.4 Å². The largest absolute Gasteiger partial charge is 0.491 e. The SMILES string of the molecule is Cc1cccc(OCC(O)CNC(=O)c2ccc(F)cc2Cl)c1. The van der Waals surface area contributed by atoms with E-state index in [0.717, 1.165) is 17.7 Å². The van der Waals surface area contributed by atoms with Crippen molar-refractivity contribution >= 4 is 17.5 Å². The van der Waals surface area contributed by atoms with Gasteiger partial charge in [-0.15, -0.1) is 0 Å². The van der Waals surface area contributed by atoms with Crippen molar-refractivity contribution in [2.75, 3.05) is 13.2 Å². The van der Waals surface area contributed by atoms with Crippen LogP contribution in [0.2, 0.25) is 5.02 Å². The van der Waals surface area contributed by atoms with Gasteiger partial charge in [-0.1, -0.05) is 23.7 Å². The third kappa shape index (κ3) is 5.23. The summed E-state index contributed by atoms with van der Waals surface area (Å²) in [6.45, 7) is 1.98. The molecule has 0 radical (unpaired) electrons. The molecule has 122 valence electrons. The van der Waals surface area contributed by atoms with Crippen LogP contribution in [0, 0.1) is 12.7 Å². The van der Waals surface area contributed by atoms with Crippen molar-refractivity contribution < 1.29 is 19.0 Å². The molecule has 0 saturated heterocycles. The van der Waals surface area contributed by atoms with E-state index in [1.54, 1.807) is 6.07 Å². The first-order valence-electron chi connectivity index (χ1n) is 7.06. The minimum absolute atomic E-state index is 0.00163. The molecule has 1 unspecified atom stereocenters. The van der Waals surface area contributed by atoms with Crippen LogP contribution in [-0.2, 0) is 0 Å². The molecule has 1 amide bonds. The summed E-state index contributed by atoms with van der Waals surface area (Å²) in [5.41, 5.74) is 1.20. The molecule has 0 aliphatic carbocycles. The van der Waals surface area contributed by atoms with Gasteiger partial charge in [-0.25, -0.2) is 4.39 Å². The second-order valence-corrected chi connectivity index (χ2v) is 5.52. The number of aryl methyl sites for hydroxylation is 1. The van der Waals surface area contributed by atoms with Crippen molar-refractivity contribution in [3.8, 4) is 5.75 Å². The van der Waals surface area contributed by atoms with Crippen molar-refractivity contribution in [3.63, 3.8) is 0 Å². The summed E-state index contributed by atoms with van der Waals surface area (Å²) in [5.74, 6) is -0.347. The average molecular weight is 338 g/mol. The number of amides is 1. The number of hydrogen-bond donors (Lipinski definition) is 2. The van der Waals surface area contributed by atoms with E-state index in [1.807, 2.05) is 25.1 Å². The Morgan fingerprint density at radius 1 is 1.35 bits per heavy atom. The van der Waals surface area contributed by atoms with Crippen molar-refractivity contribution in [1.82, 2.24) is 5.32 Å². The van der Waals surface area contributed by atoms with Crippen LogP contribution in [0.15, 0.2) is 42.5 Å². The van der Waals surface area contributed by atoms with Crippen LogP contribution in [0.5, 0.6) is 5.75 Å². The van der Waals surface area contributed by atoms with Gasteiger partial charge in [-0.2, -0.15) is 0 Å². The number of benzene rings is 2. The average Bonchev–Trinajstić information content (AvgIpc) is 2.50. The molecular formula is C17H17ClFNO3. The summed E-state index contributed by atoms with van der Waals surface area (Å²) < 4.78 is 18.4. The Hall–Kier alpha value is -2.11. The molecule has 0 spiro atoms. The Kier molecular flexibility index (Phi) is 5.96. The topological polar surface area (TPSA) is 58.6 Å². The van der Waals surface area contributed by atoms with E-state index in [4.69, 9.17) is 16.3 Å². The highest BCUT2D eigenvalue weighted by Crippen LogP contribution is 2.17. The number of rotatable bonds is 6. The molecule has 0 saturated carbocycles. The first kappa shape index (κ1) is 17.2. The zero-order valence-electron chi connectivity index (χ0n) is 12.6. The number of aliphatic hydroxyl groups excluding tert-OH is 1. The van der Waals surface area contributed by atoms with Crippen LogP contribution in [-0.4, -0.2) is 30.3 Å². The quantitative estimate of drug-likeness (QED) is 0.852. The van der Waals surface area contributed by atoms with Crippen LogP contribution in [0.3, 0.4) is 0 Å². The number of ether oxygens (including phenoxy) is 1. The fraction of sp³-hybridized carbons (Fsp3) is 0.235. The van der Waals surface area contributed by atoms with Gasteiger partial charge in [0.15, 0.2) is 0 Å². The lowest BCUT2D eigenvalue weighted by Crippen LogP contribution is -2.35. The first-order chi connectivity index (χ1) is 11.0. The second kappa shape index (κ2) is 7.94. The highest BCUT2D eigenvalue weighted by Gasteiger charge is 2.13. The predicted molar refractivity (Wildman–Crippen MR) is 86.4 cm³/mol. The zero-order chi connectivity index (χ0) is 16.8. The van der Waals surface area contributed by atoms with Crippen molar-refractivity contribution in [2.45, 2.75) is 13.0 Å². The molecule has 0 fully saturated rings. The third-order valence-electron chi connectivity index (χ3n) is 3.11. The Balaban J connectivity index is 1.81. The van der Waals surface area contributed by atoms with Gasteiger partial charge >= 0.3 is 0 Å². The lowest BCUT2D eigenvalue weighted by molar-refractivity contribution is 0.0844. The van der Waals surface area contributed by atoms with Crippen molar-refractivity contribution in [2.24, 2.45) is 0 Å². The normalized spacial score (nSPS) is 11.8. The van der Waals surface area contributed by atoms with Crippen molar-refractivity contribution in [1.29, 1.82) is 0 Å². The molecule has 0 heterocycles. The molecule has 2 rings (SSSR count). The van der Waals surface area contributed by atoms with Gasteiger partial charge in [-0.3, -0.25) is 4.79 Å². The van der Waals surface area contributed by atoms with Gasteiger partial charge in [0.05, 0.1) is 10.6 Å². The smallest absolute Gasteiger partial charge is 0.252 e. The molecule has 23 heavy (non-hydrogen) atoms. The third-order valence-corrected chi connectivity index (χ3v) is 3.42. The van der Waals surface area contributed by atoms with Crippen LogP contribution >= 0.6 is 11.6 Å². The second-order valence-electron chi connectivity index (χ2n) is 5.12. The number of halogens is 2. The van der Waals surface area contributed by atoms with Crippen LogP contribution < -0.4 is 10.1 Å². The van der Waals surface area contributed by atoms with Gasteiger partial charge < -0.3 is 15.2 Å². The molecule has 2 aromatic rings. The summed E-state index contributed by atoms with van der Waals surface area (Å²) in [4.78, 5) is 11.9. The van der Waals surface area contributed by atoms with Crippen LogP contribution in [0.25, 0.3) is 0 Å². The predicted octanol–water partition coefficient (Wildman–Crippen LogP) is 2.96. The Morgan fingerprint density at radius 3 is 2.83 bits per heavy atom. The monoisotopic (exact) mass is 337 g/mol.